The van der Waals surface area contributed by atoms with E-state index >= 15 is 0 Å². The van der Waals surface area contributed by atoms with E-state index in [0.29, 0.717) is 22.9 Å². The fourth-order valence-electron chi connectivity index (χ4n) is 2.98. The van der Waals surface area contributed by atoms with Crippen molar-refractivity contribution in [2.75, 3.05) is 12.0 Å². The summed E-state index contributed by atoms with van der Waals surface area (Å²) in [6.45, 7) is 0.397. The fraction of sp³-hybridized carbons (Fsp3) is 0.0833. The Kier molecular flexibility index (Phi) is 6.33. The zero-order valence-corrected chi connectivity index (χ0v) is 17.3. The number of anilines is 1. The summed E-state index contributed by atoms with van der Waals surface area (Å²) >= 11 is 0.880. The lowest BCUT2D eigenvalue weighted by molar-refractivity contribution is -0.122. The summed E-state index contributed by atoms with van der Waals surface area (Å²) in [5.41, 5.74) is 2.36. The molecular weight excluding hydrogens is 415 g/mol. The first-order valence-corrected chi connectivity index (χ1v) is 10.4. The first-order valence-electron chi connectivity index (χ1n) is 9.61. The van der Waals surface area contributed by atoms with E-state index in [9.17, 15) is 14.0 Å². The molecule has 1 N–H and O–H groups in total. The Balaban J connectivity index is 1.45. The molecule has 1 aliphatic heterocycles. The summed E-state index contributed by atoms with van der Waals surface area (Å²) in [6.07, 6.45) is 1.67. The van der Waals surface area contributed by atoms with Gasteiger partial charge in [-0.05, 0) is 53.7 Å². The fourth-order valence-corrected chi connectivity index (χ4v) is 3.81. The molecule has 3 aromatic rings. The van der Waals surface area contributed by atoms with Crippen LogP contribution in [-0.4, -0.2) is 22.7 Å². The van der Waals surface area contributed by atoms with Gasteiger partial charge in [0.25, 0.3) is 11.1 Å². The van der Waals surface area contributed by atoms with Crippen LogP contribution in [0.4, 0.5) is 14.9 Å². The summed E-state index contributed by atoms with van der Waals surface area (Å²) in [6, 6.07) is 22.9. The Morgan fingerprint density at radius 2 is 1.65 bits per heavy atom. The van der Waals surface area contributed by atoms with Crippen molar-refractivity contribution in [2.45, 2.75) is 6.61 Å². The summed E-state index contributed by atoms with van der Waals surface area (Å²) in [5.74, 6) is -0.113. The molecule has 1 heterocycles. The minimum Gasteiger partial charge on any atom is -0.488 e. The number of nitrogens with zero attached hydrogens (tertiary/aromatic N) is 1. The minimum absolute atomic E-state index is 0.000205. The number of carbonyl (C=O) groups excluding carboxylic acids is 2. The largest absolute Gasteiger partial charge is 0.488 e. The summed E-state index contributed by atoms with van der Waals surface area (Å²) in [4.78, 5) is 26.6. The van der Waals surface area contributed by atoms with Gasteiger partial charge in [0.05, 0.1) is 11.6 Å². The number of hydrogen-bond donors (Lipinski definition) is 1. The quantitative estimate of drug-likeness (QED) is 0.497. The third kappa shape index (κ3) is 5.13. The molecule has 1 saturated heterocycles. The van der Waals surface area contributed by atoms with Crippen LogP contribution in [0.5, 0.6) is 5.75 Å². The van der Waals surface area contributed by atoms with Crippen molar-refractivity contribution in [3.05, 3.63) is 101 Å². The van der Waals surface area contributed by atoms with E-state index in [1.807, 2.05) is 54.6 Å². The molecule has 0 bridgehead atoms. The molecule has 1 aliphatic rings. The molecule has 0 spiro atoms. The van der Waals surface area contributed by atoms with Gasteiger partial charge in [0.1, 0.15) is 18.2 Å². The highest BCUT2D eigenvalue weighted by Gasteiger charge is 2.35. The number of carbonyl (C=O) groups is 2. The Labute approximate surface area is 183 Å². The number of hydrogen-bond acceptors (Lipinski definition) is 5. The number of imide groups is 1. The third-order valence-electron chi connectivity index (χ3n) is 4.60. The van der Waals surface area contributed by atoms with E-state index < -0.39 is 0 Å². The van der Waals surface area contributed by atoms with Gasteiger partial charge in [-0.15, -0.1) is 0 Å². The molecule has 5 nitrogen and oxygen atoms in total. The molecule has 31 heavy (non-hydrogen) atoms. The maximum atomic E-state index is 13.0. The van der Waals surface area contributed by atoms with Crippen LogP contribution in [0, 0.1) is 5.82 Å². The second-order valence-electron chi connectivity index (χ2n) is 6.76. The average Bonchev–Trinajstić information content (AvgIpc) is 3.06. The maximum absolute atomic E-state index is 13.0. The van der Waals surface area contributed by atoms with Crippen molar-refractivity contribution < 1.29 is 18.7 Å². The van der Waals surface area contributed by atoms with Crippen LogP contribution in [0.3, 0.4) is 0 Å². The van der Waals surface area contributed by atoms with Gasteiger partial charge in [-0.3, -0.25) is 14.5 Å². The molecule has 3 aromatic carbocycles. The Morgan fingerprint density at radius 3 is 2.42 bits per heavy atom. The van der Waals surface area contributed by atoms with Gasteiger partial charge in [-0.2, -0.15) is 0 Å². The second kappa shape index (κ2) is 9.49. The molecular formula is C24H19FN2O3S. The van der Waals surface area contributed by atoms with E-state index in [2.05, 4.69) is 5.32 Å². The average molecular weight is 434 g/mol. The van der Waals surface area contributed by atoms with Crippen LogP contribution in [0.25, 0.3) is 6.08 Å². The lowest BCUT2D eigenvalue weighted by Gasteiger charge is -2.14. The van der Waals surface area contributed by atoms with Crippen molar-refractivity contribution in [3.8, 4) is 5.75 Å². The summed E-state index contributed by atoms with van der Waals surface area (Å²) in [7, 11) is 0. The van der Waals surface area contributed by atoms with Gasteiger partial charge in [0, 0.05) is 11.3 Å². The summed E-state index contributed by atoms with van der Waals surface area (Å²) in [5, 5.41) is 2.59. The number of rotatable bonds is 7. The number of para-hydroxylation sites is 1. The number of halogens is 1. The molecule has 0 aliphatic carbocycles. The first kappa shape index (κ1) is 20.7. The molecule has 2 amide bonds. The monoisotopic (exact) mass is 434 g/mol. The van der Waals surface area contributed by atoms with E-state index in [1.54, 1.807) is 18.2 Å². The van der Waals surface area contributed by atoms with Crippen molar-refractivity contribution in [1.29, 1.82) is 0 Å². The van der Waals surface area contributed by atoms with Crippen molar-refractivity contribution in [3.63, 3.8) is 0 Å². The number of thioether (sulfide) groups is 1. The molecule has 0 unspecified atom stereocenters. The molecule has 0 radical (unpaired) electrons. The standard InChI is InChI=1S/C24H19FN2O3S/c25-19-10-12-20(13-11-19)26-16-27-23(28)22(31-24(27)29)14-18-8-4-5-9-21(18)30-15-17-6-2-1-3-7-17/h1-14,26H,15-16H2/b22-14-. The van der Waals surface area contributed by atoms with Crippen LogP contribution in [-0.2, 0) is 11.4 Å². The lowest BCUT2D eigenvalue weighted by Crippen LogP contribution is -2.33. The first-order chi connectivity index (χ1) is 15.1. The van der Waals surface area contributed by atoms with Crippen molar-refractivity contribution in [1.82, 2.24) is 4.90 Å². The third-order valence-corrected chi connectivity index (χ3v) is 5.51. The van der Waals surface area contributed by atoms with Gasteiger partial charge in [-0.25, -0.2) is 4.39 Å². The van der Waals surface area contributed by atoms with E-state index in [-0.39, 0.29) is 23.6 Å². The number of benzene rings is 3. The topological polar surface area (TPSA) is 58.6 Å². The highest BCUT2D eigenvalue weighted by molar-refractivity contribution is 8.18. The van der Waals surface area contributed by atoms with Crippen molar-refractivity contribution >= 4 is 34.7 Å². The van der Waals surface area contributed by atoms with Gasteiger partial charge >= 0.3 is 0 Å². The zero-order valence-electron chi connectivity index (χ0n) is 16.5. The minimum atomic E-state index is -0.387. The number of nitrogens with one attached hydrogen (secondary N) is 1. The number of amides is 2. The van der Waals surface area contributed by atoms with Crippen LogP contribution >= 0.6 is 11.8 Å². The predicted molar refractivity (Wildman–Crippen MR) is 120 cm³/mol. The van der Waals surface area contributed by atoms with Gasteiger partial charge in [0.15, 0.2) is 0 Å². The van der Waals surface area contributed by atoms with Crippen molar-refractivity contribution in [2.24, 2.45) is 0 Å². The zero-order chi connectivity index (χ0) is 21.6. The van der Waals surface area contributed by atoms with E-state index in [1.165, 1.54) is 12.1 Å². The highest BCUT2D eigenvalue weighted by atomic mass is 32.2. The molecule has 0 atom stereocenters. The number of ether oxygens (including phenoxy) is 1. The second-order valence-corrected chi connectivity index (χ2v) is 7.76. The molecule has 1 fully saturated rings. The Bertz CT molecular complexity index is 1120. The smallest absolute Gasteiger partial charge is 0.295 e. The van der Waals surface area contributed by atoms with E-state index in [0.717, 1.165) is 27.8 Å². The maximum Gasteiger partial charge on any atom is 0.295 e. The van der Waals surface area contributed by atoms with E-state index in [4.69, 9.17) is 4.74 Å². The Hall–Kier alpha value is -3.58. The molecule has 0 aromatic heterocycles. The van der Waals surface area contributed by atoms with Crippen LogP contribution in [0.1, 0.15) is 11.1 Å². The van der Waals surface area contributed by atoms with Crippen LogP contribution in [0.2, 0.25) is 0 Å². The SMILES string of the molecule is O=C1S/C(=C\c2ccccc2OCc2ccccc2)C(=O)N1CNc1ccc(F)cc1. The lowest BCUT2D eigenvalue weighted by atomic mass is 10.1. The van der Waals surface area contributed by atoms with Gasteiger partial charge < -0.3 is 10.1 Å². The van der Waals surface area contributed by atoms with Gasteiger partial charge in [-0.1, -0.05) is 48.5 Å². The molecule has 7 heteroatoms. The van der Waals surface area contributed by atoms with Crippen LogP contribution < -0.4 is 10.1 Å². The Morgan fingerprint density at radius 1 is 0.935 bits per heavy atom. The van der Waals surface area contributed by atoms with Gasteiger partial charge in [0.2, 0.25) is 0 Å². The molecule has 0 saturated carbocycles. The molecule has 4 rings (SSSR count). The van der Waals surface area contributed by atoms with Crippen LogP contribution in [0.15, 0.2) is 83.8 Å². The molecule has 156 valence electrons. The highest BCUT2D eigenvalue weighted by Crippen LogP contribution is 2.34. The predicted octanol–water partition coefficient (Wildman–Crippen LogP) is 5.51. The summed E-state index contributed by atoms with van der Waals surface area (Å²) < 4.78 is 19.0. The normalized spacial score (nSPS) is 14.9.